The zero-order chi connectivity index (χ0) is 16.1. The van der Waals surface area contributed by atoms with Crippen molar-refractivity contribution < 1.29 is 14.1 Å². The van der Waals surface area contributed by atoms with Gasteiger partial charge in [0.05, 0.1) is 6.07 Å². The number of anilines is 1. The van der Waals surface area contributed by atoms with Crippen LogP contribution in [0.15, 0.2) is 65.2 Å². The molecular formula is C18H16N2O3. The van der Waals surface area contributed by atoms with Crippen LogP contribution in [0.4, 0.5) is 5.69 Å². The van der Waals surface area contributed by atoms with Crippen molar-refractivity contribution in [3.05, 3.63) is 77.6 Å². The molecule has 0 spiro atoms. The lowest BCUT2D eigenvalue weighted by Crippen LogP contribution is -2.10. The Morgan fingerprint density at radius 2 is 1.87 bits per heavy atom. The molecule has 0 aliphatic heterocycles. The Kier molecular flexibility index (Phi) is 4.38. The zero-order valence-electron chi connectivity index (χ0n) is 12.7. The molecule has 116 valence electrons. The minimum atomic E-state index is -0.365. The molecule has 0 aliphatic carbocycles. The molecule has 0 fully saturated rings. The molecule has 2 aromatic carbocycles. The minimum absolute atomic E-state index is 0.105. The van der Waals surface area contributed by atoms with E-state index in [1.807, 2.05) is 61.5 Å². The predicted octanol–water partition coefficient (Wildman–Crippen LogP) is 3.81. The predicted molar refractivity (Wildman–Crippen MR) is 86.4 cm³/mol. The number of carbonyl (C=O) groups excluding carboxylic acids is 1. The Morgan fingerprint density at radius 3 is 2.61 bits per heavy atom. The van der Waals surface area contributed by atoms with E-state index in [1.54, 1.807) is 0 Å². The zero-order valence-corrected chi connectivity index (χ0v) is 12.7. The second kappa shape index (κ2) is 6.79. The van der Waals surface area contributed by atoms with E-state index in [0.29, 0.717) is 12.3 Å². The molecule has 0 aliphatic rings. The second-order valence-corrected chi connectivity index (χ2v) is 5.12. The number of nitrogens with one attached hydrogen (secondary N) is 1. The molecule has 1 amide bonds. The van der Waals surface area contributed by atoms with Gasteiger partial charge in [0.2, 0.25) is 5.76 Å². The van der Waals surface area contributed by atoms with Gasteiger partial charge in [-0.05, 0) is 29.8 Å². The number of hydrogen-bond acceptors (Lipinski definition) is 4. The van der Waals surface area contributed by atoms with Crippen LogP contribution in [0.5, 0.6) is 5.88 Å². The van der Waals surface area contributed by atoms with Crippen LogP contribution in [0.1, 0.15) is 21.7 Å². The molecule has 0 radical (unpaired) electrons. The Morgan fingerprint density at radius 1 is 1.13 bits per heavy atom. The summed E-state index contributed by atoms with van der Waals surface area (Å²) in [6, 6.07) is 18.7. The maximum absolute atomic E-state index is 12.1. The topological polar surface area (TPSA) is 64.4 Å². The molecule has 3 rings (SSSR count). The summed E-state index contributed by atoms with van der Waals surface area (Å²) in [6.45, 7) is 2.35. The molecular weight excluding hydrogens is 292 g/mol. The van der Waals surface area contributed by atoms with Gasteiger partial charge in [0.15, 0.2) is 0 Å². The van der Waals surface area contributed by atoms with Crippen LogP contribution in [0.3, 0.4) is 0 Å². The number of carbonyl (C=O) groups is 1. The van der Waals surface area contributed by atoms with Crippen molar-refractivity contribution >= 4 is 11.6 Å². The molecule has 1 heterocycles. The van der Waals surface area contributed by atoms with Crippen LogP contribution in [0.2, 0.25) is 0 Å². The first kappa shape index (κ1) is 14.8. The number of ether oxygens (including phenoxy) is 1. The van der Waals surface area contributed by atoms with Crippen LogP contribution in [0.25, 0.3) is 0 Å². The highest BCUT2D eigenvalue weighted by atomic mass is 16.5. The third-order valence-electron chi connectivity index (χ3n) is 3.25. The van der Waals surface area contributed by atoms with Crippen LogP contribution >= 0.6 is 0 Å². The minimum Gasteiger partial charge on any atom is -0.471 e. The molecule has 5 nitrogen and oxygen atoms in total. The molecule has 23 heavy (non-hydrogen) atoms. The van der Waals surface area contributed by atoms with E-state index in [4.69, 9.17) is 9.26 Å². The van der Waals surface area contributed by atoms with Gasteiger partial charge in [0.1, 0.15) is 6.61 Å². The second-order valence-electron chi connectivity index (χ2n) is 5.12. The van der Waals surface area contributed by atoms with Gasteiger partial charge in [-0.15, -0.1) is 0 Å². The Hall–Kier alpha value is -3.08. The third kappa shape index (κ3) is 3.97. The van der Waals surface area contributed by atoms with Gasteiger partial charge < -0.3 is 14.6 Å². The van der Waals surface area contributed by atoms with E-state index in [1.165, 1.54) is 6.07 Å². The largest absolute Gasteiger partial charge is 0.471 e. The van der Waals surface area contributed by atoms with Crippen molar-refractivity contribution in [3.8, 4) is 5.88 Å². The molecule has 0 bridgehead atoms. The summed E-state index contributed by atoms with van der Waals surface area (Å²) in [6.07, 6.45) is 0. The maximum Gasteiger partial charge on any atom is 0.294 e. The lowest BCUT2D eigenvalue weighted by Gasteiger charge is -2.02. The molecule has 0 saturated heterocycles. The SMILES string of the molecule is Cc1ccc(NC(=O)c2cc(OCc3ccccc3)no2)cc1. The fourth-order valence-electron chi connectivity index (χ4n) is 2.00. The van der Waals surface area contributed by atoms with Gasteiger partial charge >= 0.3 is 0 Å². The van der Waals surface area contributed by atoms with E-state index < -0.39 is 0 Å². The Balaban J connectivity index is 1.59. The summed E-state index contributed by atoms with van der Waals surface area (Å²) >= 11 is 0. The highest BCUT2D eigenvalue weighted by molar-refractivity contribution is 6.02. The fourth-order valence-corrected chi connectivity index (χ4v) is 2.00. The van der Waals surface area contributed by atoms with Crippen molar-refractivity contribution in [2.45, 2.75) is 13.5 Å². The van der Waals surface area contributed by atoms with Gasteiger partial charge in [-0.2, -0.15) is 0 Å². The normalized spacial score (nSPS) is 10.3. The van der Waals surface area contributed by atoms with E-state index in [9.17, 15) is 4.79 Å². The first-order valence-corrected chi connectivity index (χ1v) is 7.22. The van der Waals surface area contributed by atoms with E-state index >= 15 is 0 Å². The van der Waals surface area contributed by atoms with Gasteiger partial charge in [-0.25, -0.2) is 0 Å². The number of benzene rings is 2. The average Bonchev–Trinajstić information content (AvgIpc) is 3.05. The van der Waals surface area contributed by atoms with E-state index in [2.05, 4.69) is 10.5 Å². The van der Waals surface area contributed by atoms with Crippen molar-refractivity contribution in [1.29, 1.82) is 0 Å². The van der Waals surface area contributed by atoms with Gasteiger partial charge in [-0.3, -0.25) is 4.79 Å². The first-order chi connectivity index (χ1) is 11.2. The monoisotopic (exact) mass is 308 g/mol. The summed E-state index contributed by atoms with van der Waals surface area (Å²) in [7, 11) is 0. The molecule has 1 aromatic heterocycles. The molecule has 0 unspecified atom stereocenters. The number of nitrogens with zero attached hydrogens (tertiary/aromatic N) is 1. The van der Waals surface area contributed by atoms with E-state index in [0.717, 1.165) is 11.1 Å². The van der Waals surface area contributed by atoms with Crippen molar-refractivity contribution in [2.75, 3.05) is 5.32 Å². The molecule has 1 N–H and O–H groups in total. The molecule has 3 aromatic rings. The molecule has 0 saturated carbocycles. The van der Waals surface area contributed by atoms with Crippen molar-refractivity contribution in [2.24, 2.45) is 0 Å². The fraction of sp³-hybridized carbons (Fsp3) is 0.111. The lowest BCUT2D eigenvalue weighted by atomic mass is 10.2. The number of aromatic nitrogens is 1. The van der Waals surface area contributed by atoms with Crippen molar-refractivity contribution in [3.63, 3.8) is 0 Å². The molecule has 5 heteroatoms. The average molecular weight is 308 g/mol. The third-order valence-corrected chi connectivity index (χ3v) is 3.25. The number of amides is 1. The smallest absolute Gasteiger partial charge is 0.294 e. The number of aryl methyl sites for hydroxylation is 1. The van der Waals surface area contributed by atoms with E-state index in [-0.39, 0.29) is 17.5 Å². The van der Waals surface area contributed by atoms with Crippen LogP contribution in [0, 0.1) is 6.92 Å². The van der Waals surface area contributed by atoms with Gasteiger partial charge in [0, 0.05) is 5.69 Å². The summed E-state index contributed by atoms with van der Waals surface area (Å²) in [4.78, 5) is 12.1. The van der Waals surface area contributed by atoms with Crippen molar-refractivity contribution in [1.82, 2.24) is 5.16 Å². The number of hydrogen-bond donors (Lipinski definition) is 1. The number of rotatable bonds is 5. The molecule has 0 atom stereocenters. The summed E-state index contributed by atoms with van der Waals surface area (Å²) in [5.74, 6) is 0.0208. The summed E-state index contributed by atoms with van der Waals surface area (Å²) in [5.41, 5.74) is 2.84. The summed E-state index contributed by atoms with van der Waals surface area (Å²) in [5, 5.41) is 6.49. The van der Waals surface area contributed by atoms with Gasteiger partial charge in [0.25, 0.3) is 11.8 Å². The standard InChI is InChI=1S/C18H16N2O3/c1-13-7-9-15(10-8-13)19-18(21)16-11-17(20-23-16)22-12-14-5-3-2-4-6-14/h2-11H,12H2,1H3,(H,19,21). The Labute approximate surface area is 133 Å². The Bertz CT molecular complexity index is 780. The summed E-state index contributed by atoms with van der Waals surface area (Å²) < 4.78 is 10.5. The highest BCUT2D eigenvalue weighted by Gasteiger charge is 2.14. The lowest BCUT2D eigenvalue weighted by molar-refractivity contribution is 0.0987. The quantitative estimate of drug-likeness (QED) is 0.778. The maximum atomic E-state index is 12.1. The van der Waals surface area contributed by atoms with Crippen LogP contribution in [-0.2, 0) is 6.61 Å². The van der Waals surface area contributed by atoms with Gasteiger partial charge in [-0.1, -0.05) is 48.0 Å². The van der Waals surface area contributed by atoms with Crippen LogP contribution < -0.4 is 10.1 Å². The first-order valence-electron chi connectivity index (χ1n) is 7.22. The highest BCUT2D eigenvalue weighted by Crippen LogP contribution is 2.16. The van der Waals surface area contributed by atoms with Crippen LogP contribution in [-0.4, -0.2) is 11.1 Å².